The van der Waals surface area contributed by atoms with Gasteiger partial charge in [0.1, 0.15) is 0 Å². The Hall–Kier alpha value is -0.590. The Bertz CT molecular complexity index is 328. The molecule has 0 aromatic carbocycles. The SMILES string of the molecule is CC(C)(C)N1C[C@H](N2CC(C#N)C2)CC1(C)C. The molecule has 0 bridgehead atoms. The monoisotopic (exact) mass is 235 g/mol. The van der Waals surface area contributed by atoms with Gasteiger partial charge < -0.3 is 0 Å². The summed E-state index contributed by atoms with van der Waals surface area (Å²) in [6.07, 6.45) is 1.22. The van der Waals surface area contributed by atoms with Gasteiger partial charge in [0, 0.05) is 36.8 Å². The lowest BCUT2D eigenvalue weighted by atomic mass is 9.93. The van der Waals surface area contributed by atoms with Crippen molar-refractivity contribution in [2.45, 2.75) is 58.2 Å². The highest BCUT2D eigenvalue weighted by atomic mass is 15.3. The third-order valence-corrected chi connectivity index (χ3v) is 4.28. The van der Waals surface area contributed by atoms with Crippen molar-refractivity contribution in [3.05, 3.63) is 0 Å². The molecule has 2 aliphatic rings. The van der Waals surface area contributed by atoms with Crippen molar-refractivity contribution >= 4 is 0 Å². The predicted molar refractivity (Wildman–Crippen MR) is 69.6 cm³/mol. The summed E-state index contributed by atoms with van der Waals surface area (Å²) in [5.41, 5.74) is 0.512. The molecule has 2 heterocycles. The van der Waals surface area contributed by atoms with Gasteiger partial charge in [-0.25, -0.2) is 0 Å². The average Bonchev–Trinajstić information content (AvgIpc) is 2.38. The number of nitrogens with zero attached hydrogens (tertiary/aromatic N) is 3. The van der Waals surface area contributed by atoms with Crippen molar-refractivity contribution in [1.82, 2.24) is 9.80 Å². The average molecular weight is 235 g/mol. The first-order valence-electron chi connectivity index (χ1n) is 6.65. The molecule has 0 aliphatic carbocycles. The van der Waals surface area contributed by atoms with Gasteiger partial charge in [-0.3, -0.25) is 9.80 Å². The lowest BCUT2D eigenvalue weighted by molar-refractivity contribution is 0.0559. The Balaban J connectivity index is 2.00. The fourth-order valence-electron chi connectivity index (χ4n) is 3.53. The van der Waals surface area contributed by atoms with Gasteiger partial charge >= 0.3 is 0 Å². The number of nitriles is 1. The van der Waals surface area contributed by atoms with Crippen LogP contribution in [0, 0.1) is 17.2 Å². The van der Waals surface area contributed by atoms with Crippen LogP contribution < -0.4 is 0 Å². The quantitative estimate of drug-likeness (QED) is 0.697. The van der Waals surface area contributed by atoms with Crippen molar-refractivity contribution in [1.29, 1.82) is 5.26 Å². The van der Waals surface area contributed by atoms with E-state index < -0.39 is 0 Å². The molecule has 2 saturated heterocycles. The summed E-state index contributed by atoms with van der Waals surface area (Å²) < 4.78 is 0. The third-order valence-electron chi connectivity index (χ3n) is 4.28. The largest absolute Gasteiger partial charge is 0.296 e. The second-order valence-electron chi connectivity index (χ2n) is 7.23. The molecule has 0 radical (unpaired) electrons. The number of likely N-dealkylation sites (tertiary alicyclic amines) is 2. The molecule has 2 rings (SSSR count). The van der Waals surface area contributed by atoms with Crippen LogP contribution >= 0.6 is 0 Å². The maximum Gasteiger partial charge on any atom is 0.0717 e. The maximum absolute atomic E-state index is 8.84. The molecule has 1 atom stereocenters. The minimum atomic E-state index is 0.234. The zero-order valence-corrected chi connectivity index (χ0v) is 11.8. The standard InChI is InChI=1S/C14H25N3/c1-13(2,3)17-10-12(6-14(17,4)5)16-8-11(7-15)9-16/h11-12H,6,8-10H2,1-5H3/t12-/m1/s1. The second-order valence-corrected chi connectivity index (χ2v) is 7.23. The van der Waals surface area contributed by atoms with Crippen molar-refractivity contribution < 1.29 is 0 Å². The fourth-order valence-corrected chi connectivity index (χ4v) is 3.53. The van der Waals surface area contributed by atoms with Crippen LogP contribution in [-0.2, 0) is 0 Å². The molecule has 0 spiro atoms. The predicted octanol–water partition coefficient (Wildman–Crippen LogP) is 2.09. The summed E-state index contributed by atoms with van der Waals surface area (Å²) in [5.74, 6) is 0.279. The van der Waals surface area contributed by atoms with Gasteiger partial charge in [0.25, 0.3) is 0 Å². The molecule has 3 nitrogen and oxygen atoms in total. The van der Waals surface area contributed by atoms with Crippen molar-refractivity contribution in [2.75, 3.05) is 19.6 Å². The van der Waals surface area contributed by atoms with Gasteiger partial charge in [0.15, 0.2) is 0 Å². The lowest BCUT2D eigenvalue weighted by Gasteiger charge is -2.42. The van der Waals surface area contributed by atoms with Crippen LogP contribution in [0.2, 0.25) is 0 Å². The molecule has 3 heteroatoms. The molecule has 96 valence electrons. The van der Waals surface area contributed by atoms with E-state index in [2.05, 4.69) is 50.5 Å². The molecule has 17 heavy (non-hydrogen) atoms. The van der Waals surface area contributed by atoms with E-state index in [9.17, 15) is 0 Å². The molecule has 2 fully saturated rings. The van der Waals surface area contributed by atoms with Crippen LogP contribution in [-0.4, -0.2) is 46.6 Å². The van der Waals surface area contributed by atoms with Crippen LogP contribution in [0.1, 0.15) is 41.0 Å². The third kappa shape index (κ3) is 2.34. The van der Waals surface area contributed by atoms with Gasteiger partial charge in [-0.2, -0.15) is 5.26 Å². The highest BCUT2D eigenvalue weighted by Gasteiger charge is 2.47. The first-order valence-corrected chi connectivity index (χ1v) is 6.65. The first kappa shape index (κ1) is 12.9. The van der Waals surface area contributed by atoms with Crippen molar-refractivity contribution in [3.8, 4) is 6.07 Å². The van der Waals surface area contributed by atoms with Gasteiger partial charge in [0.05, 0.1) is 12.0 Å². The van der Waals surface area contributed by atoms with Crippen molar-refractivity contribution in [2.24, 2.45) is 5.92 Å². The molecule has 0 amide bonds. The normalized spacial score (nSPS) is 31.2. The van der Waals surface area contributed by atoms with Crippen molar-refractivity contribution in [3.63, 3.8) is 0 Å². The zero-order chi connectivity index (χ0) is 12.8. The van der Waals surface area contributed by atoms with Crippen LogP contribution in [0.3, 0.4) is 0 Å². The summed E-state index contributed by atoms with van der Waals surface area (Å²) >= 11 is 0. The lowest BCUT2D eigenvalue weighted by Crippen LogP contribution is -2.53. The van der Waals surface area contributed by atoms with Gasteiger partial charge in [-0.15, -0.1) is 0 Å². The first-order chi connectivity index (χ1) is 7.74. The Morgan fingerprint density at radius 2 is 1.76 bits per heavy atom. The topological polar surface area (TPSA) is 30.3 Å². The number of rotatable bonds is 1. The summed E-state index contributed by atoms with van der Waals surface area (Å²) in [6.45, 7) is 14.7. The highest BCUT2D eigenvalue weighted by molar-refractivity contribution is 5.05. The smallest absolute Gasteiger partial charge is 0.0717 e. The van der Waals surface area contributed by atoms with Gasteiger partial charge in [-0.1, -0.05) is 0 Å². The van der Waals surface area contributed by atoms with E-state index in [0.717, 1.165) is 19.6 Å². The summed E-state index contributed by atoms with van der Waals surface area (Å²) in [7, 11) is 0. The molecular weight excluding hydrogens is 210 g/mol. The zero-order valence-electron chi connectivity index (χ0n) is 11.8. The van der Waals surface area contributed by atoms with Crippen LogP contribution in [0.4, 0.5) is 0 Å². The van der Waals surface area contributed by atoms with E-state index in [1.165, 1.54) is 6.42 Å². The van der Waals surface area contributed by atoms with Crippen LogP contribution in [0.5, 0.6) is 0 Å². The number of hydrogen-bond donors (Lipinski definition) is 0. The summed E-state index contributed by atoms with van der Waals surface area (Å²) in [5, 5.41) is 8.84. The van der Waals surface area contributed by atoms with E-state index in [4.69, 9.17) is 5.26 Å². The van der Waals surface area contributed by atoms with E-state index in [1.54, 1.807) is 0 Å². The van der Waals surface area contributed by atoms with E-state index >= 15 is 0 Å². The Labute approximate surface area is 105 Å². The molecular formula is C14H25N3. The highest BCUT2D eigenvalue weighted by Crippen LogP contribution is 2.38. The van der Waals surface area contributed by atoms with E-state index in [0.29, 0.717) is 6.04 Å². The minimum absolute atomic E-state index is 0.234. The Morgan fingerprint density at radius 1 is 1.18 bits per heavy atom. The fraction of sp³-hybridized carbons (Fsp3) is 0.929. The summed E-state index contributed by atoms with van der Waals surface area (Å²) in [6, 6.07) is 3.01. The molecule has 0 aromatic rings. The molecule has 0 N–H and O–H groups in total. The van der Waals surface area contributed by atoms with E-state index in [1.807, 2.05) is 0 Å². The molecule has 0 aromatic heterocycles. The summed E-state index contributed by atoms with van der Waals surface area (Å²) in [4.78, 5) is 5.10. The van der Waals surface area contributed by atoms with E-state index in [-0.39, 0.29) is 17.0 Å². The second kappa shape index (κ2) is 3.96. The van der Waals surface area contributed by atoms with Crippen LogP contribution in [0.25, 0.3) is 0 Å². The number of hydrogen-bond acceptors (Lipinski definition) is 3. The molecule has 0 saturated carbocycles. The van der Waals surface area contributed by atoms with Gasteiger partial charge in [-0.05, 0) is 41.0 Å². The Kier molecular flexibility index (Phi) is 3.00. The molecule has 0 unspecified atom stereocenters. The maximum atomic E-state index is 8.84. The minimum Gasteiger partial charge on any atom is -0.296 e. The molecule has 2 aliphatic heterocycles. The van der Waals surface area contributed by atoms with Gasteiger partial charge in [0.2, 0.25) is 0 Å². The Morgan fingerprint density at radius 3 is 2.18 bits per heavy atom. The van der Waals surface area contributed by atoms with Crippen LogP contribution in [0.15, 0.2) is 0 Å².